The zero-order valence-corrected chi connectivity index (χ0v) is 12.6. The van der Waals surface area contributed by atoms with Crippen LogP contribution in [0.5, 0.6) is 0 Å². The summed E-state index contributed by atoms with van der Waals surface area (Å²) < 4.78 is 0. The second-order valence-electron chi connectivity index (χ2n) is 6.05. The van der Waals surface area contributed by atoms with Crippen LogP contribution < -0.4 is 10.2 Å². The molecule has 2 nitrogen and oxygen atoms in total. The number of unbranched alkanes of at least 4 members (excludes halogenated alkanes) is 1. The Morgan fingerprint density at radius 3 is 2.22 bits per heavy atom. The van der Waals surface area contributed by atoms with Crippen LogP contribution in [0.1, 0.15) is 46.1 Å². The minimum Gasteiger partial charge on any atom is -0.375 e. The fourth-order valence-electron chi connectivity index (χ4n) is 1.76. The summed E-state index contributed by atoms with van der Waals surface area (Å²) in [6.07, 6.45) is 2.50. The Labute approximate surface area is 112 Å². The Morgan fingerprint density at radius 2 is 1.72 bits per heavy atom. The van der Waals surface area contributed by atoms with Crippen LogP contribution in [-0.2, 0) is 6.54 Å². The average molecular weight is 248 g/mol. The molecule has 0 heterocycles. The Balaban J connectivity index is 2.52. The molecule has 0 bridgehead atoms. The molecule has 0 atom stereocenters. The van der Waals surface area contributed by atoms with Gasteiger partial charge in [-0.25, -0.2) is 0 Å². The van der Waals surface area contributed by atoms with Crippen molar-refractivity contribution in [1.29, 1.82) is 0 Å². The van der Waals surface area contributed by atoms with Crippen LogP contribution in [0.25, 0.3) is 0 Å². The van der Waals surface area contributed by atoms with E-state index < -0.39 is 0 Å². The molecule has 0 fully saturated rings. The summed E-state index contributed by atoms with van der Waals surface area (Å²) in [7, 11) is 2.16. The molecular weight excluding hydrogens is 220 g/mol. The van der Waals surface area contributed by atoms with E-state index in [2.05, 4.69) is 69.2 Å². The van der Waals surface area contributed by atoms with Gasteiger partial charge in [0.25, 0.3) is 0 Å². The van der Waals surface area contributed by atoms with Crippen molar-refractivity contribution in [2.45, 2.75) is 52.6 Å². The summed E-state index contributed by atoms with van der Waals surface area (Å²) >= 11 is 0. The Bertz CT molecular complexity index is 335. The number of benzene rings is 1. The van der Waals surface area contributed by atoms with Crippen molar-refractivity contribution in [2.24, 2.45) is 0 Å². The van der Waals surface area contributed by atoms with Crippen molar-refractivity contribution in [3.05, 3.63) is 29.8 Å². The Hall–Kier alpha value is -1.02. The smallest absolute Gasteiger partial charge is 0.0363 e. The highest BCUT2D eigenvalue weighted by molar-refractivity contribution is 5.46. The fraction of sp³-hybridized carbons (Fsp3) is 0.625. The molecule has 1 aromatic rings. The second-order valence-corrected chi connectivity index (χ2v) is 6.05. The zero-order chi connectivity index (χ0) is 13.6. The van der Waals surface area contributed by atoms with E-state index >= 15 is 0 Å². The lowest BCUT2D eigenvalue weighted by Crippen LogP contribution is -2.35. The van der Waals surface area contributed by atoms with E-state index in [0.29, 0.717) is 0 Å². The molecule has 0 amide bonds. The Kier molecular flexibility index (Phi) is 5.67. The maximum atomic E-state index is 3.51. The number of hydrogen-bond donors (Lipinski definition) is 1. The van der Waals surface area contributed by atoms with Gasteiger partial charge in [0.15, 0.2) is 0 Å². The number of nitrogens with one attached hydrogen (secondary N) is 1. The molecule has 1 rings (SSSR count). The van der Waals surface area contributed by atoms with Crippen molar-refractivity contribution in [3.63, 3.8) is 0 Å². The van der Waals surface area contributed by atoms with Crippen LogP contribution in [0.2, 0.25) is 0 Å². The van der Waals surface area contributed by atoms with E-state index in [9.17, 15) is 0 Å². The predicted octanol–water partition coefficient (Wildman–Crippen LogP) is 3.81. The van der Waals surface area contributed by atoms with Gasteiger partial charge in [-0.05, 0) is 44.9 Å². The van der Waals surface area contributed by atoms with Crippen LogP contribution in [0.3, 0.4) is 0 Å². The highest BCUT2D eigenvalue weighted by Gasteiger charge is 2.08. The van der Waals surface area contributed by atoms with E-state index in [1.807, 2.05) is 0 Å². The first kappa shape index (κ1) is 15.0. The highest BCUT2D eigenvalue weighted by atomic mass is 15.1. The van der Waals surface area contributed by atoms with Gasteiger partial charge in [-0.15, -0.1) is 0 Å². The van der Waals surface area contributed by atoms with Crippen molar-refractivity contribution in [1.82, 2.24) is 5.32 Å². The minimum atomic E-state index is 0.177. The summed E-state index contributed by atoms with van der Waals surface area (Å²) in [5.41, 5.74) is 2.83. The van der Waals surface area contributed by atoms with Gasteiger partial charge >= 0.3 is 0 Å². The molecule has 102 valence electrons. The molecular formula is C16H28N2. The molecule has 0 aliphatic carbocycles. The number of nitrogens with zero attached hydrogens (tertiary/aromatic N) is 1. The molecule has 0 unspecified atom stereocenters. The summed E-state index contributed by atoms with van der Waals surface area (Å²) in [5, 5.41) is 3.51. The minimum absolute atomic E-state index is 0.177. The third kappa shape index (κ3) is 5.54. The number of rotatable bonds is 6. The first-order chi connectivity index (χ1) is 8.42. The molecule has 0 aromatic heterocycles. The van der Waals surface area contributed by atoms with Crippen LogP contribution in [-0.4, -0.2) is 19.1 Å². The standard InChI is InChI=1S/C16H28N2/c1-6-7-12-18(5)15-10-8-14(9-11-15)13-17-16(2,3)4/h8-11,17H,6-7,12-13H2,1-5H3. The molecule has 2 heteroatoms. The predicted molar refractivity (Wildman–Crippen MR) is 81.2 cm³/mol. The largest absolute Gasteiger partial charge is 0.375 e. The van der Waals surface area contributed by atoms with Gasteiger partial charge < -0.3 is 10.2 Å². The molecule has 0 radical (unpaired) electrons. The van der Waals surface area contributed by atoms with Crippen molar-refractivity contribution in [2.75, 3.05) is 18.5 Å². The Morgan fingerprint density at radius 1 is 1.11 bits per heavy atom. The van der Waals surface area contributed by atoms with E-state index in [4.69, 9.17) is 0 Å². The summed E-state index contributed by atoms with van der Waals surface area (Å²) in [4.78, 5) is 2.32. The lowest BCUT2D eigenvalue weighted by molar-refractivity contribution is 0.424. The van der Waals surface area contributed by atoms with Crippen LogP contribution in [0.4, 0.5) is 5.69 Å². The monoisotopic (exact) mass is 248 g/mol. The van der Waals surface area contributed by atoms with E-state index in [0.717, 1.165) is 13.1 Å². The normalized spacial score (nSPS) is 11.6. The van der Waals surface area contributed by atoms with E-state index in [1.54, 1.807) is 0 Å². The molecule has 0 saturated carbocycles. The zero-order valence-electron chi connectivity index (χ0n) is 12.6. The molecule has 0 spiro atoms. The summed E-state index contributed by atoms with van der Waals surface area (Å²) in [5.74, 6) is 0. The van der Waals surface area contributed by atoms with Gasteiger partial charge in [-0.2, -0.15) is 0 Å². The third-order valence-electron chi connectivity index (χ3n) is 3.05. The molecule has 1 N–H and O–H groups in total. The number of hydrogen-bond acceptors (Lipinski definition) is 2. The fourth-order valence-corrected chi connectivity index (χ4v) is 1.76. The molecule has 1 aromatic carbocycles. The maximum absolute atomic E-state index is 3.51. The quantitative estimate of drug-likeness (QED) is 0.823. The number of anilines is 1. The van der Waals surface area contributed by atoms with E-state index in [-0.39, 0.29) is 5.54 Å². The lowest BCUT2D eigenvalue weighted by Gasteiger charge is -2.22. The van der Waals surface area contributed by atoms with Gasteiger partial charge in [-0.3, -0.25) is 0 Å². The second kappa shape index (κ2) is 6.79. The van der Waals surface area contributed by atoms with Crippen molar-refractivity contribution >= 4 is 5.69 Å². The summed E-state index contributed by atoms with van der Waals surface area (Å²) in [6, 6.07) is 8.87. The lowest BCUT2D eigenvalue weighted by atomic mass is 10.1. The first-order valence-electron chi connectivity index (χ1n) is 6.97. The SMILES string of the molecule is CCCCN(C)c1ccc(CNC(C)(C)C)cc1. The van der Waals surface area contributed by atoms with Crippen LogP contribution in [0, 0.1) is 0 Å². The van der Waals surface area contributed by atoms with Crippen LogP contribution in [0.15, 0.2) is 24.3 Å². The van der Waals surface area contributed by atoms with Gasteiger partial charge in [0.2, 0.25) is 0 Å². The van der Waals surface area contributed by atoms with Gasteiger partial charge in [0.05, 0.1) is 0 Å². The first-order valence-corrected chi connectivity index (χ1v) is 6.97. The maximum Gasteiger partial charge on any atom is 0.0363 e. The van der Waals surface area contributed by atoms with Crippen molar-refractivity contribution in [3.8, 4) is 0 Å². The average Bonchev–Trinajstić information content (AvgIpc) is 2.33. The summed E-state index contributed by atoms with van der Waals surface area (Å²) in [6.45, 7) is 10.9. The molecule has 0 saturated heterocycles. The van der Waals surface area contributed by atoms with E-state index in [1.165, 1.54) is 24.1 Å². The third-order valence-corrected chi connectivity index (χ3v) is 3.05. The molecule has 0 aliphatic rings. The molecule has 18 heavy (non-hydrogen) atoms. The van der Waals surface area contributed by atoms with Gasteiger partial charge in [0.1, 0.15) is 0 Å². The van der Waals surface area contributed by atoms with Crippen molar-refractivity contribution < 1.29 is 0 Å². The van der Waals surface area contributed by atoms with Gasteiger partial charge in [0, 0.05) is 31.4 Å². The van der Waals surface area contributed by atoms with Crippen LogP contribution >= 0.6 is 0 Å². The molecule has 0 aliphatic heterocycles. The highest BCUT2D eigenvalue weighted by Crippen LogP contribution is 2.15. The van der Waals surface area contributed by atoms with Gasteiger partial charge in [-0.1, -0.05) is 25.5 Å². The topological polar surface area (TPSA) is 15.3 Å².